The van der Waals surface area contributed by atoms with Crippen molar-refractivity contribution in [1.29, 1.82) is 0 Å². The molecule has 0 saturated heterocycles. The van der Waals surface area contributed by atoms with Crippen molar-refractivity contribution < 1.29 is 9.84 Å². The van der Waals surface area contributed by atoms with Crippen LogP contribution in [0, 0.1) is 0 Å². The highest BCUT2D eigenvalue weighted by Gasteiger charge is 2.16. The van der Waals surface area contributed by atoms with Crippen LogP contribution < -0.4 is 10.1 Å². The van der Waals surface area contributed by atoms with Gasteiger partial charge >= 0.3 is 0 Å². The lowest BCUT2D eigenvalue weighted by Gasteiger charge is -2.29. The third kappa shape index (κ3) is 5.12. The molecule has 1 aromatic carbocycles. The Morgan fingerprint density at radius 3 is 2.65 bits per heavy atom. The number of aliphatic hydroxyl groups is 1. The second-order valence-corrected chi connectivity index (χ2v) is 5.24. The maximum absolute atomic E-state index is 9.35. The Morgan fingerprint density at radius 2 is 2.05 bits per heavy atom. The summed E-state index contributed by atoms with van der Waals surface area (Å²) in [6.07, 6.45) is 0.935. The van der Waals surface area contributed by atoms with Gasteiger partial charge in [-0.05, 0) is 38.6 Å². The van der Waals surface area contributed by atoms with Gasteiger partial charge in [-0.1, -0.05) is 25.1 Å². The molecule has 2 unspecified atom stereocenters. The minimum absolute atomic E-state index is 0.130. The molecule has 0 aliphatic carbocycles. The van der Waals surface area contributed by atoms with E-state index in [0.29, 0.717) is 6.04 Å². The number of benzene rings is 1. The molecule has 0 heterocycles. The summed E-state index contributed by atoms with van der Waals surface area (Å²) in [6.45, 7) is 6.13. The Morgan fingerprint density at radius 1 is 1.35 bits per heavy atom. The highest BCUT2D eigenvalue weighted by atomic mass is 16.5. The quantitative estimate of drug-likeness (QED) is 0.720. The molecule has 0 saturated carbocycles. The Balaban J connectivity index is 2.58. The predicted octanol–water partition coefficient (Wildman–Crippen LogP) is 1.53. The summed E-state index contributed by atoms with van der Waals surface area (Å²) in [6, 6.07) is 8.65. The van der Waals surface area contributed by atoms with Crippen LogP contribution in [-0.4, -0.2) is 55.9 Å². The fourth-order valence-corrected chi connectivity index (χ4v) is 2.35. The van der Waals surface area contributed by atoms with E-state index in [1.807, 2.05) is 18.2 Å². The van der Waals surface area contributed by atoms with Crippen molar-refractivity contribution in [1.82, 2.24) is 10.2 Å². The van der Waals surface area contributed by atoms with Crippen molar-refractivity contribution >= 4 is 0 Å². The molecule has 1 aromatic rings. The second-order valence-electron chi connectivity index (χ2n) is 5.24. The van der Waals surface area contributed by atoms with Crippen LogP contribution in [0.4, 0.5) is 0 Å². The van der Waals surface area contributed by atoms with Crippen molar-refractivity contribution in [2.75, 3.05) is 33.9 Å². The van der Waals surface area contributed by atoms with E-state index in [2.05, 4.69) is 37.2 Å². The lowest BCUT2D eigenvalue weighted by molar-refractivity contribution is 0.175. The minimum Gasteiger partial charge on any atom is -0.496 e. The van der Waals surface area contributed by atoms with Crippen LogP contribution in [0.15, 0.2) is 24.3 Å². The van der Waals surface area contributed by atoms with Crippen LogP contribution in [0.25, 0.3) is 0 Å². The fraction of sp³-hybridized carbons (Fsp3) is 0.625. The lowest BCUT2D eigenvalue weighted by atomic mass is 10.0. The Hall–Kier alpha value is -1.10. The summed E-state index contributed by atoms with van der Waals surface area (Å²) in [4.78, 5) is 2.27. The third-order valence-corrected chi connectivity index (χ3v) is 3.68. The first-order valence-electron chi connectivity index (χ1n) is 7.28. The second kappa shape index (κ2) is 8.95. The van der Waals surface area contributed by atoms with E-state index in [1.54, 1.807) is 7.11 Å². The first-order chi connectivity index (χ1) is 9.62. The summed E-state index contributed by atoms with van der Waals surface area (Å²) < 4.78 is 5.40. The van der Waals surface area contributed by atoms with E-state index < -0.39 is 0 Å². The van der Waals surface area contributed by atoms with Crippen molar-refractivity contribution in [2.24, 2.45) is 0 Å². The molecule has 0 aliphatic rings. The topological polar surface area (TPSA) is 44.7 Å². The van der Waals surface area contributed by atoms with Gasteiger partial charge in [0.05, 0.1) is 13.7 Å². The van der Waals surface area contributed by atoms with E-state index in [9.17, 15) is 5.11 Å². The highest BCUT2D eigenvalue weighted by molar-refractivity contribution is 5.33. The van der Waals surface area contributed by atoms with E-state index in [-0.39, 0.29) is 12.6 Å². The molecule has 0 fully saturated rings. The molecule has 0 bridgehead atoms. The normalized spacial score (nSPS) is 14.3. The van der Waals surface area contributed by atoms with Crippen LogP contribution in [0.5, 0.6) is 5.75 Å². The summed E-state index contributed by atoms with van der Waals surface area (Å²) in [5, 5.41) is 12.6. The van der Waals surface area contributed by atoms with Gasteiger partial charge in [-0.3, -0.25) is 0 Å². The summed E-state index contributed by atoms with van der Waals surface area (Å²) in [7, 11) is 3.81. The van der Waals surface area contributed by atoms with Gasteiger partial charge in [-0.25, -0.2) is 0 Å². The zero-order valence-corrected chi connectivity index (χ0v) is 13.1. The van der Waals surface area contributed by atoms with Crippen molar-refractivity contribution in [2.45, 2.75) is 32.4 Å². The van der Waals surface area contributed by atoms with E-state index >= 15 is 0 Å². The highest BCUT2D eigenvalue weighted by Crippen LogP contribution is 2.20. The molecule has 20 heavy (non-hydrogen) atoms. The molecule has 4 nitrogen and oxygen atoms in total. The number of hydrogen-bond donors (Lipinski definition) is 2. The Kier molecular flexibility index (Phi) is 7.59. The standard InChI is InChI=1S/C16H28N2O2/c1-5-17-15(12-19)11-18(3)13(2)10-14-8-6-7-9-16(14)20-4/h6-9,13,15,17,19H,5,10-12H2,1-4H3. The number of rotatable bonds is 9. The van der Waals surface area contributed by atoms with Gasteiger partial charge < -0.3 is 20.1 Å². The van der Waals surface area contributed by atoms with Gasteiger partial charge in [-0.2, -0.15) is 0 Å². The molecular weight excluding hydrogens is 252 g/mol. The number of nitrogens with zero attached hydrogens (tertiary/aromatic N) is 1. The molecule has 4 heteroatoms. The molecule has 1 rings (SSSR count). The van der Waals surface area contributed by atoms with Gasteiger partial charge in [0.15, 0.2) is 0 Å². The zero-order chi connectivity index (χ0) is 15.0. The first-order valence-corrected chi connectivity index (χ1v) is 7.28. The smallest absolute Gasteiger partial charge is 0.122 e. The maximum atomic E-state index is 9.35. The molecule has 0 spiro atoms. The summed E-state index contributed by atoms with van der Waals surface area (Å²) >= 11 is 0. The molecule has 0 aromatic heterocycles. The Bertz CT molecular complexity index is 384. The molecule has 0 aliphatic heterocycles. The largest absolute Gasteiger partial charge is 0.496 e. The number of likely N-dealkylation sites (N-methyl/N-ethyl adjacent to an activating group) is 2. The molecule has 114 valence electrons. The van der Waals surface area contributed by atoms with E-state index in [1.165, 1.54) is 5.56 Å². The van der Waals surface area contributed by atoms with Crippen LogP contribution >= 0.6 is 0 Å². The molecule has 0 amide bonds. The number of aliphatic hydroxyl groups excluding tert-OH is 1. The molecule has 0 radical (unpaired) electrons. The summed E-state index contributed by atoms with van der Waals surface area (Å²) in [5.41, 5.74) is 1.22. The van der Waals surface area contributed by atoms with Gasteiger partial charge in [0, 0.05) is 18.6 Å². The number of para-hydroxylation sites is 1. The number of ether oxygens (including phenoxy) is 1. The summed E-state index contributed by atoms with van der Waals surface area (Å²) in [5.74, 6) is 0.943. The Labute approximate surface area is 122 Å². The third-order valence-electron chi connectivity index (χ3n) is 3.68. The average molecular weight is 280 g/mol. The number of hydrogen-bond acceptors (Lipinski definition) is 4. The van der Waals surface area contributed by atoms with Crippen molar-refractivity contribution in [3.63, 3.8) is 0 Å². The van der Waals surface area contributed by atoms with Crippen molar-refractivity contribution in [3.05, 3.63) is 29.8 Å². The van der Waals surface area contributed by atoms with Gasteiger partial charge in [0.25, 0.3) is 0 Å². The average Bonchev–Trinajstić information content (AvgIpc) is 2.47. The van der Waals surface area contributed by atoms with Gasteiger partial charge in [-0.15, -0.1) is 0 Å². The molecular formula is C16H28N2O2. The van der Waals surface area contributed by atoms with Gasteiger partial charge in [0.1, 0.15) is 5.75 Å². The van der Waals surface area contributed by atoms with Crippen LogP contribution in [0.3, 0.4) is 0 Å². The number of methoxy groups -OCH3 is 1. The number of nitrogens with one attached hydrogen (secondary N) is 1. The van der Waals surface area contributed by atoms with E-state index in [4.69, 9.17) is 4.74 Å². The zero-order valence-electron chi connectivity index (χ0n) is 13.1. The predicted molar refractivity (Wildman–Crippen MR) is 83.3 cm³/mol. The maximum Gasteiger partial charge on any atom is 0.122 e. The van der Waals surface area contributed by atoms with Crippen molar-refractivity contribution in [3.8, 4) is 5.75 Å². The first kappa shape index (κ1) is 17.0. The van der Waals surface area contributed by atoms with Gasteiger partial charge in [0.2, 0.25) is 0 Å². The lowest BCUT2D eigenvalue weighted by Crippen LogP contribution is -2.45. The molecule has 2 atom stereocenters. The van der Waals surface area contributed by atoms with Crippen LogP contribution in [0.2, 0.25) is 0 Å². The SMILES string of the molecule is CCNC(CO)CN(C)C(C)Cc1ccccc1OC. The van der Waals surface area contributed by atoms with Crippen LogP contribution in [0.1, 0.15) is 19.4 Å². The fourth-order valence-electron chi connectivity index (χ4n) is 2.35. The van der Waals surface area contributed by atoms with E-state index in [0.717, 1.165) is 25.3 Å². The minimum atomic E-state index is 0.130. The molecule has 2 N–H and O–H groups in total. The van der Waals surface area contributed by atoms with Crippen LogP contribution in [-0.2, 0) is 6.42 Å². The monoisotopic (exact) mass is 280 g/mol.